The zero-order valence-corrected chi connectivity index (χ0v) is 7.60. The second-order valence-corrected chi connectivity index (χ2v) is 2.90. The van der Waals surface area contributed by atoms with E-state index in [2.05, 4.69) is 4.98 Å². The molecule has 1 atom stereocenters. The summed E-state index contributed by atoms with van der Waals surface area (Å²) in [5.41, 5.74) is 10.8. The molecular formula is C8H14N4O. The van der Waals surface area contributed by atoms with Crippen molar-refractivity contribution >= 4 is 11.9 Å². The molecule has 0 bridgehead atoms. The lowest BCUT2D eigenvalue weighted by molar-refractivity contribution is -0.121. The molecule has 0 aliphatic rings. The number of hydrogen-bond donors (Lipinski definition) is 2. The van der Waals surface area contributed by atoms with E-state index in [1.54, 1.807) is 17.0 Å². The fraction of sp³-hybridized carbons (Fsp3) is 0.500. The number of imidazole rings is 1. The molecule has 0 saturated heterocycles. The Morgan fingerprint density at radius 3 is 2.85 bits per heavy atom. The van der Waals surface area contributed by atoms with Gasteiger partial charge in [0.25, 0.3) is 0 Å². The van der Waals surface area contributed by atoms with E-state index in [1.807, 2.05) is 6.92 Å². The van der Waals surface area contributed by atoms with E-state index in [0.29, 0.717) is 12.4 Å². The Labute approximate surface area is 76.7 Å². The van der Waals surface area contributed by atoms with Crippen LogP contribution < -0.4 is 11.5 Å². The van der Waals surface area contributed by atoms with Crippen LogP contribution in [0.3, 0.4) is 0 Å². The molecule has 13 heavy (non-hydrogen) atoms. The van der Waals surface area contributed by atoms with Gasteiger partial charge in [-0.25, -0.2) is 4.98 Å². The minimum Gasteiger partial charge on any atom is -0.369 e. The van der Waals surface area contributed by atoms with Gasteiger partial charge in [-0.2, -0.15) is 0 Å². The summed E-state index contributed by atoms with van der Waals surface area (Å²) in [6, 6.07) is -0.368. The highest BCUT2D eigenvalue weighted by Crippen LogP contribution is 2.16. The number of rotatable bonds is 4. The van der Waals surface area contributed by atoms with Gasteiger partial charge >= 0.3 is 0 Å². The molecule has 1 rings (SSSR count). The minimum atomic E-state index is -0.369. The molecule has 1 unspecified atom stereocenters. The van der Waals surface area contributed by atoms with Crippen LogP contribution in [-0.2, 0) is 4.79 Å². The molecule has 0 radical (unpaired) electrons. The number of carbonyl (C=O) groups is 1. The number of primary amides is 1. The number of anilines is 1. The quantitative estimate of drug-likeness (QED) is 0.701. The molecule has 0 fully saturated rings. The number of nitrogen functional groups attached to an aromatic ring is 1. The molecule has 4 N–H and O–H groups in total. The van der Waals surface area contributed by atoms with Crippen molar-refractivity contribution in [2.75, 3.05) is 5.73 Å². The highest BCUT2D eigenvalue weighted by Gasteiger charge is 2.17. The van der Waals surface area contributed by atoms with Gasteiger partial charge < -0.3 is 16.0 Å². The molecule has 72 valence electrons. The van der Waals surface area contributed by atoms with Crippen LogP contribution in [0, 0.1) is 0 Å². The summed E-state index contributed by atoms with van der Waals surface area (Å²) >= 11 is 0. The van der Waals surface area contributed by atoms with E-state index in [9.17, 15) is 4.79 Å². The largest absolute Gasteiger partial charge is 0.369 e. The van der Waals surface area contributed by atoms with Crippen molar-refractivity contribution in [3.8, 4) is 0 Å². The van der Waals surface area contributed by atoms with Gasteiger partial charge in [-0.3, -0.25) is 4.79 Å². The number of carbonyl (C=O) groups excluding carboxylic acids is 1. The smallest absolute Gasteiger partial charge is 0.240 e. The number of nitrogens with two attached hydrogens (primary N) is 2. The number of aromatic nitrogens is 2. The van der Waals surface area contributed by atoms with E-state index < -0.39 is 0 Å². The zero-order chi connectivity index (χ0) is 9.84. The SMILES string of the molecule is CCCC(C(N)=O)n1ccnc1N. The molecule has 0 saturated carbocycles. The highest BCUT2D eigenvalue weighted by molar-refractivity contribution is 5.78. The third-order valence-corrected chi connectivity index (χ3v) is 1.92. The second-order valence-electron chi connectivity index (χ2n) is 2.90. The van der Waals surface area contributed by atoms with Crippen LogP contribution in [0.15, 0.2) is 12.4 Å². The predicted octanol–water partition coefficient (Wildman–Crippen LogP) is 0.292. The Bertz CT molecular complexity index is 294. The van der Waals surface area contributed by atoms with Gasteiger partial charge in [0.05, 0.1) is 0 Å². The Kier molecular flexibility index (Phi) is 2.89. The van der Waals surface area contributed by atoms with E-state index in [1.165, 1.54) is 0 Å². The standard InChI is InChI=1S/C8H14N4O/c1-2-3-6(7(9)13)12-5-4-11-8(12)10/h4-6H,2-3H2,1H3,(H2,9,13)(H2,10,11). The predicted molar refractivity (Wildman–Crippen MR) is 49.8 cm³/mol. The van der Waals surface area contributed by atoms with Gasteiger partial charge in [-0.15, -0.1) is 0 Å². The molecule has 1 amide bonds. The van der Waals surface area contributed by atoms with Gasteiger partial charge in [-0.05, 0) is 6.42 Å². The Hall–Kier alpha value is -1.52. The van der Waals surface area contributed by atoms with Crippen molar-refractivity contribution in [1.29, 1.82) is 0 Å². The van der Waals surface area contributed by atoms with E-state index in [4.69, 9.17) is 11.5 Å². The highest BCUT2D eigenvalue weighted by atomic mass is 16.1. The van der Waals surface area contributed by atoms with Crippen molar-refractivity contribution < 1.29 is 4.79 Å². The summed E-state index contributed by atoms with van der Waals surface area (Å²) < 4.78 is 1.60. The van der Waals surface area contributed by atoms with Gasteiger partial charge in [0.1, 0.15) is 6.04 Å². The number of hydrogen-bond acceptors (Lipinski definition) is 3. The molecule has 0 aliphatic carbocycles. The maximum Gasteiger partial charge on any atom is 0.240 e. The summed E-state index contributed by atoms with van der Waals surface area (Å²) in [6.07, 6.45) is 4.79. The molecule has 5 nitrogen and oxygen atoms in total. The third-order valence-electron chi connectivity index (χ3n) is 1.92. The lowest BCUT2D eigenvalue weighted by atomic mass is 10.1. The van der Waals surface area contributed by atoms with Crippen LogP contribution in [0.4, 0.5) is 5.95 Å². The minimum absolute atomic E-state index is 0.331. The summed E-state index contributed by atoms with van der Waals surface area (Å²) in [4.78, 5) is 14.9. The van der Waals surface area contributed by atoms with Gasteiger partial charge in [0, 0.05) is 12.4 Å². The lowest BCUT2D eigenvalue weighted by Crippen LogP contribution is -2.26. The Morgan fingerprint density at radius 2 is 2.46 bits per heavy atom. The van der Waals surface area contributed by atoms with Gasteiger partial charge in [0.2, 0.25) is 11.9 Å². The Morgan fingerprint density at radius 1 is 1.77 bits per heavy atom. The normalized spacial score (nSPS) is 12.7. The first-order valence-electron chi connectivity index (χ1n) is 4.24. The van der Waals surface area contributed by atoms with Gasteiger partial charge in [-0.1, -0.05) is 13.3 Å². The maximum atomic E-state index is 11.1. The first-order valence-corrected chi connectivity index (χ1v) is 4.24. The second kappa shape index (κ2) is 3.93. The van der Waals surface area contributed by atoms with Crippen molar-refractivity contribution in [1.82, 2.24) is 9.55 Å². The van der Waals surface area contributed by atoms with Crippen molar-refractivity contribution in [3.63, 3.8) is 0 Å². The fourth-order valence-corrected chi connectivity index (χ4v) is 1.28. The van der Waals surface area contributed by atoms with E-state index >= 15 is 0 Å². The number of amides is 1. The van der Waals surface area contributed by atoms with Crippen molar-refractivity contribution in [3.05, 3.63) is 12.4 Å². The fourth-order valence-electron chi connectivity index (χ4n) is 1.28. The van der Waals surface area contributed by atoms with Crippen LogP contribution >= 0.6 is 0 Å². The van der Waals surface area contributed by atoms with Crippen LogP contribution in [0.25, 0.3) is 0 Å². The van der Waals surface area contributed by atoms with E-state index in [-0.39, 0.29) is 11.9 Å². The molecule has 1 aromatic rings. The van der Waals surface area contributed by atoms with E-state index in [0.717, 1.165) is 6.42 Å². The number of nitrogens with zero attached hydrogens (tertiary/aromatic N) is 2. The van der Waals surface area contributed by atoms with Gasteiger partial charge in [0.15, 0.2) is 0 Å². The molecule has 0 aromatic carbocycles. The molecule has 1 heterocycles. The van der Waals surface area contributed by atoms with Crippen LogP contribution in [-0.4, -0.2) is 15.5 Å². The summed E-state index contributed by atoms with van der Waals surface area (Å²) in [7, 11) is 0. The molecule has 1 aromatic heterocycles. The maximum absolute atomic E-state index is 11.1. The Balaban J connectivity index is 2.88. The zero-order valence-electron chi connectivity index (χ0n) is 7.60. The van der Waals surface area contributed by atoms with Crippen LogP contribution in [0.1, 0.15) is 25.8 Å². The van der Waals surface area contributed by atoms with Crippen molar-refractivity contribution in [2.24, 2.45) is 5.73 Å². The summed E-state index contributed by atoms with van der Waals surface area (Å²) in [5, 5.41) is 0. The van der Waals surface area contributed by atoms with Crippen LogP contribution in [0.5, 0.6) is 0 Å². The average Bonchev–Trinajstić information content (AvgIpc) is 2.47. The monoisotopic (exact) mass is 182 g/mol. The van der Waals surface area contributed by atoms with Crippen LogP contribution in [0.2, 0.25) is 0 Å². The average molecular weight is 182 g/mol. The molecular weight excluding hydrogens is 168 g/mol. The lowest BCUT2D eigenvalue weighted by Gasteiger charge is -2.14. The third kappa shape index (κ3) is 1.99. The summed E-state index contributed by atoms with van der Waals surface area (Å²) in [5.74, 6) is -0.0381. The molecule has 0 spiro atoms. The summed E-state index contributed by atoms with van der Waals surface area (Å²) in [6.45, 7) is 1.99. The molecule has 0 aliphatic heterocycles. The van der Waals surface area contributed by atoms with Crippen molar-refractivity contribution in [2.45, 2.75) is 25.8 Å². The topological polar surface area (TPSA) is 86.9 Å². The molecule has 5 heteroatoms. The first kappa shape index (κ1) is 9.57. The first-order chi connectivity index (χ1) is 6.16.